The molecule has 1 aromatic heterocycles. The fraction of sp³-hybridized carbons (Fsp3) is 0.375. The maximum absolute atomic E-state index is 11.8. The largest absolute Gasteiger partial charge is 0.455 e. The topological polar surface area (TPSA) is 107 Å². The summed E-state index contributed by atoms with van der Waals surface area (Å²) in [6.45, 7) is 1.64. The normalized spacial score (nSPS) is 11.7. The molecule has 0 fully saturated rings. The van der Waals surface area contributed by atoms with E-state index < -0.39 is 5.97 Å². The molecule has 2 rings (SSSR count). The number of nitrogens with zero attached hydrogens (tertiary/aromatic N) is 2. The number of carbonyl (C=O) groups excluding carboxylic acids is 2. The third kappa shape index (κ3) is 7.53. The van der Waals surface area contributed by atoms with Gasteiger partial charge in [0.2, 0.25) is 5.13 Å². The van der Waals surface area contributed by atoms with Gasteiger partial charge in [-0.25, -0.2) is 0 Å². The fourth-order valence-electron chi connectivity index (χ4n) is 2.00. The lowest BCUT2D eigenvalue weighted by atomic mass is 10.1. The van der Waals surface area contributed by atoms with Gasteiger partial charge in [0.25, 0.3) is 5.91 Å². The Labute approximate surface area is 154 Å². The average Bonchev–Trinajstić information content (AvgIpc) is 3.02. The average molecular weight is 380 g/mol. The minimum absolute atomic E-state index is 0.00477. The van der Waals surface area contributed by atoms with Gasteiger partial charge in [0.1, 0.15) is 0 Å². The van der Waals surface area contributed by atoms with Gasteiger partial charge in [-0.2, -0.15) is 0 Å². The predicted molar refractivity (Wildman–Crippen MR) is 98.4 cm³/mol. The molecule has 0 aliphatic rings. The van der Waals surface area contributed by atoms with Crippen LogP contribution in [0, 0.1) is 0 Å². The molecule has 1 aromatic carbocycles. The lowest BCUT2D eigenvalue weighted by Gasteiger charge is -2.14. The van der Waals surface area contributed by atoms with Crippen molar-refractivity contribution in [1.29, 1.82) is 0 Å². The Morgan fingerprint density at radius 1 is 1.32 bits per heavy atom. The Hall–Kier alpha value is -2.13. The van der Waals surface area contributed by atoms with Gasteiger partial charge in [-0.15, -0.1) is 10.2 Å². The number of ether oxygens (including phenoxy) is 1. The number of anilines is 1. The molecule has 1 heterocycles. The Bertz CT molecular complexity index is 694. The van der Waals surface area contributed by atoms with Gasteiger partial charge in [-0.3, -0.25) is 9.59 Å². The molecule has 0 saturated heterocycles. The molecule has 0 radical (unpaired) electrons. The first kappa shape index (κ1) is 19.2. The zero-order valence-corrected chi connectivity index (χ0v) is 15.4. The molecule has 0 spiro atoms. The smallest absolute Gasteiger partial charge is 0.316 e. The van der Waals surface area contributed by atoms with Crippen molar-refractivity contribution in [2.75, 3.05) is 18.1 Å². The summed E-state index contributed by atoms with van der Waals surface area (Å²) in [5.74, 6) is -0.726. The van der Waals surface area contributed by atoms with Gasteiger partial charge in [-0.05, 0) is 25.3 Å². The van der Waals surface area contributed by atoms with E-state index in [9.17, 15) is 9.59 Å². The molecule has 1 unspecified atom stereocenters. The first-order valence-electron chi connectivity index (χ1n) is 7.73. The first-order chi connectivity index (χ1) is 12.0. The van der Waals surface area contributed by atoms with Crippen molar-refractivity contribution in [1.82, 2.24) is 15.5 Å². The van der Waals surface area contributed by atoms with Crippen LogP contribution >= 0.6 is 23.1 Å². The Kier molecular flexibility index (Phi) is 7.68. The highest BCUT2D eigenvalue weighted by atomic mass is 32.2. The zero-order valence-electron chi connectivity index (χ0n) is 13.8. The summed E-state index contributed by atoms with van der Waals surface area (Å²) in [5, 5.41) is 10.6. The number of esters is 1. The summed E-state index contributed by atoms with van der Waals surface area (Å²) in [6, 6.07) is 10.1. The molecule has 3 N–H and O–H groups in total. The Morgan fingerprint density at radius 2 is 2.08 bits per heavy atom. The van der Waals surface area contributed by atoms with Crippen LogP contribution in [0.5, 0.6) is 0 Å². The molecular weight excluding hydrogens is 360 g/mol. The monoisotopic (exact) mass is 380 g/mol. The highest BCUT2D eigenvalue weighted by Crippen LogP contribution is 2.23. The molecule has 1 atom stereocenters. The van der Waals surface area contributed by atoms with Crippen molar-refractivity contribution in [2.45, 2.75) is 30.1 Å². The number of nitrogens with one attached hydrogen (secondary N) is 1. The quantitative estimate of drug-likeness (QED) is 0.505. The lowest BCUT2D eigenvalue weighted by Crippen LogP contribution is -2.36. The van der Waals surface area contributed by atoms with Crippen LogP contribution in [0.4, 0.5) is 5.13 Å². The molecule has 134 valence electrons. The SMILES string of the molecule is CC(CCc1ccccc1)NC(=O)COC(=O)CSc1nnc(N)s1. The highest BCUT2D eigenvalue weighted by Gasteiger charge is 2.12. The van der Waals surface area contributed by atoms with E-state index in [0.717, 1.165) is 12.8 Å². The number of thioether (sulfide) groups is 1. The Morgan fingerprint density at radius 3 is 2.76 bits per heavy atom. The third-order valence-corrected chi connectivity index (χ3v) is 5.08. The summed E-state index contributed by atoms with van der Waals surface area (Å²) in [6.07, 6.45) is 1.70. The Balaban J connectivity index is 1.60. The standard InChI is InChI=1S/C16H20N4O3S2/c1-11(7-8-12-5-3-2-4-6-12)18-13(21)9-23-14(22)10-24-16-20-19-15(17)25-16/h2-6,11H,7-10H2,1H3,(H2,17,19)(H,18,21). The molecular formula is C16H20N4O3S2. The number of aromatic nitrogens is 2. The van der Waals surface area contributed by atoms with Crippen LogP contribution in [-0.4, -0.2) is 40.5 Å². The first-order valence-corrected chi connectivity index (χ1v) is 9.54. The van der Waals surface area contributed by atoms with Crippen molar-refractivity contribution in [3.8, 4) is 0 Å². The van der Waals surface area contributed by atoms with Gasteiger partial charge in [0.15, 0.2) is 10.9 Å². The van der Waals surface area contributed by atoms with Gasteiger partial charge in [0, 0.05) is 6.04 Å². The summed E-state index contributed by atoms with van der Waals surface area (Å²) in [4.78, 5) is 23.4. The highest BCUT2D eigenvalue weighted by molar-refractivity contribution is 8.01. The van der Waals surface area contributed by atoms with E-state index in [1.165, 1.54) is 28.7 Å². The molecule has 7 nitrogen and oxygen atoms in total. The van der Waals surface area contributed by atoms with Crippen LogP contribution in [0.25, 0.3) is 0 Å². The number of carbonyl (C=O) groups is 2. The van der Waals surface area contributed by atoms with Gasteiger partial charge >= 0.3 is 5.97 Å². The number of amides is 1. The van der Waals surface area contributed by atoms with Crippen molar-refractivity contribution < 1.29 is 14.3 Å². The fourth-order valence-corrected chi connectivity index (χ4v) is 3.44. The third-order valence-electron chi connectivity index (χ3n) is 3.22. The predicted octanol–water partition coefficient (Wildman–Crippen LogP) is 1.89. The van der Waals surface area contributed by atoms with Crippen molar-refractivity contribution in [3.05, 3.63) is 35.9 Å². The number of benzene rings is 1. The maximum Gasteiger partial charge on any atom is 0.316 e. The van der Waals surface area contributed by atoms with Gasteiger partial charge in [-0.1, -0.05) is 53.4 Å². The van der Waals surface area contributed by atoms with E-state index >= 15 is 0 Å². The number of aryl methyl sites for hydroxylation is 1. The number of nitrogens with two attached hydrogens (primary N) is 1. The van der Waals surface area contributed by atoms with Gasteiger partial charge < -0.3 is 15.8 Å². The second kappa shape index (κ2) is 10.00. The van der Waals surface area contributed by atoms with E-state index in [-0.39, 0.29) is 24.3 Å². The van der Waals surface area contributed by atoms with Crippen LogP contribution in [0.1, 0.15) is 18.9 Å². The van der Waals surface area contributed by atoms with E-state index in [1.54, 1.807) is 0 Å². The van der Waals surface area contributed by atoms with Crippen LogP contribution in [0.2, 0.25) is 0 Å². The number of rotatable bonds is 9. The van der Waals surface area contributed by atoms with Crippen molar-refractivity contribution in [2.24, 2.45) is 0 Å². The van der Waals surface area contributed by atoms with Crippen molar-refractivity contribution >= 4 is 40.1 Å². The molecule has 25 heavy (non-hydrogen) atoms. The summed E-state index contributed by atoms with van der Waals surface area (Å²) in [5.41, 5.74) is 6.68. The summed E-state index contributed by atoms with van der Waals surface area (Å²) >= 11 is 2.38. The number of hydrogen-bond acceptors (Lipinski definition) is 8. The number of hydrogen-bond donors (Lipinski definition) is 2. The summed E-state index contributed by atoms with van der Waals surface area (Å²) < 4.78 is 5.54. The molecule has 1 amide bonds. The van der Waals surface area contributed by atoms with Crippen LogP contribution in [-0.2, 0) is 20.7 Å². The molecule has 0 bridgehead atoms. The second-order valence-electron chi connectivity index (χ2n) is 5.35. The van der Waals surface area contributed by atoms with Crippen LogP contribution in [0.3, 0.4) is 0 Å². The zero-order chi connectivity index (χ0) is 18.1. The maximum atomic E-state index is 11.8. The van der Waals surface area contributed by atoms with Crippen LogP contribution < -0.4 is 11.1 Å². The van der Waals surface area contributed by atoms with E-state index in [1.807, 2.05) is 25.1 Å². The van der Waals surface area contributed by atoms with Crippen molar-refractivity contribution in [3.63, 3.8) is 0 Å². The minimum atomic E-state index is -0.481. The second-order valence-corrected chi connectivity index (χ2v) is 7.58. The van der Waals surface area contributed by atoms with E-state index in [4.69, 9.17) is 10.5 Å². The van der Waals surface area contributed by atoms with Gasteiger partial charge in [0.05, 0.1) is 5.75 Å². The molecule has 9 heteroatoms. The summed E-state index contributed by atoms with van der Waals surface area (Å²) in [7, 11) is 0. The molecule has 0 aliphatic heterocycles. The number of nitrogen functional groups attached to an aromatic ring is 1. The minimum Gasteiger partial charge on any atom is -0.455 e. The molecule has 0 saturated carbocycles. The lowest BCUT2D eigenvalue weighted by molar-refractivity contribution is -0.146. The molecule has 2 aromatic rings. The van der Waals surface area contributed by atoms with E-state index in [0.29, 0.717) is 9.47 Å². The van der Waals surface area contributed by atoms with E-state index in [2.05, 4.69) is 27.6 Å². The van der Waals surface area contributed by atoms with Crippen LogP contribution in [0.15, 0.2) is 34.7 Å². The molecule has 0 aliphatic carbocycles.